The first kappa shape index (κ1) is 35.3. The zero-order valence-corrected chi connectivity index (χ0v) is 32.9. The zero-order valence-electron chi connectivity index (χ0n) is 32.9. The summed E-state index contributed by atoms with van der Waals surface area (Å²) in [6.45, 7) is 20.0. The van der Waals surface area contributed by atoms with Gasteiger partial charge in [0.1, 0.15) is 11.6 Å². The van der Waals surface area contributed by atoms with E-state index in [2.05, 4.69) is 188 Å². The smallest absolute Gasteiger partial charge is 0.149 e. The summed E-state index contributed by atoms with van der Waals surface area (Å²) in [5.74, 6) is 0.985. The number of hydrogen-bond acceptors (Lipinski definition) is 3. The quantitative estimate of drug-likeness (QED) is 0.198. The number of rotatable bonds is 4. The number of benzene rings is 6. The van der Waals surface area contributed by atoms with Gasteiger partial charge < -0.3 is 5.11 Å². The standard InChI is InChI=1S/C50H49N3O/c1-48(2,3)35-27-33(26-34(28-35)44-38-20-13-11-17-32(38)24-25-51-44)39-21-15-23-43-45(39)52-47(53(43)42-22-14-18-31-16-10-12-19-37(31)42)40-29-36(49(4,5)6)30-41(46(40)54)50(7,8)9/h10-30,54H,1-9H3. The molecule has 0 fully saturated rings. The predicted octanol–water partition coefficient (Wildman–Crippen LogP) is 13.3. The molecule has 0 spiro atoms. The van der Waals surface area contributed by atoms with Crippen LogP contribution in [-0.2, 0) is 16.2 Å². The lowest BCUT2D eigenvalue weighted by Gasteiger charge is -2.27. The second kappa shape index (κ2) is 12.7. The molecule has 4 heteroatoms. The normalized spacial score (nSPS) is 12.6. The Kier molecular flexibility index (Phi) is 8.30. The van der Waals surface area contributed by atoms with E-state index in [4.69, 9.17) is 9.97 Å². The Morgan fingerprint density at radius 2 is 1.15 bits per heavy atom. The van der Waals surface area contributed by atoms with Gasteiger partial charge in [0.05, 0.1) is 28.0 Å². The summed E-state index contributed by atoms with van der Waals surface area (Å²) in [4.78, 5) is 10.5. The van der Waals surface area contributed by atoms with Crippen LogP contribution in [0, 0.1) is 0 Å². The number of aromatic hydroxyl groups is 1. The van der Waals surface area contributed by atoms with E-state index in [1.807, 2.05) is 6.20 Å². The maximum absolute atomic E-state index is 12.3. The fourth-order valence-corrected chi connectivity index (χ4v) is 7.67. The van der Waals surface area contributed by atoms with Crippen LogP contribution in [0.4, 0.5) is 0 Å². The van der Waals surface area contributed by atoms with E-state index < -0.39 is 0 Å². The summed E-state index contributed by atoms with van der Waals surface area (Å²) >= 11 is 0. The van der Waals surface area contributed by atoms with E-state index >= 15 is 0 Å². The molecule has 0 unspecified atom stereocenters. The van der Waals surface area contributed by atoms with Gasteiger partial charge in [-0.3, -0.25) is 9.55 Å². The van der Waals surface area contributed by atoms with Crippen molar-refractivity contribution in [3.63, 3.8) is 0 Å². The molecule has 2 aromatic heterocycles. The molecule has 2 heterocycles. The zero-order chi connectivity index (χ0) is 38.2. The van der Waals surface area contributed by atoms with Crippen molar-refractivity contribution >= 4 is 32.6 Å². The van der Waals surface area contributed by atoms with Crippen molar-refractivity contribution in [3.05, 3.63) is 144 Å². The van der Waals surface area contributed by atoms with Gasteiger partial charge in [0.2, 0.25) is 0 Å². The molecule has 4 nitrogen and oxygen atoms in total. The fraction of sp³-hybridized carbons (Fsp3) is 0.240. The van der Waals surface area contributed by atoms with Crippen molar-refractivity contribution in [2.45, 2.75) is 78.6 Å². The molecule has 1 N–H and O–H groups in total. The molecule has 0 saturated heterocycles. The van der Waals surface area contributed by atoms with Gasteiger partial charge in [0.25, 0.3) is 0 Å². The number of pyridine rings is 1. The molecule has 0 aliphatic carbocycles. The summed E-state index contributed by atoms with van der Waals surface area (Å²) in [6, 6.07) is 43.1. The van der Waals surface area contributed by atoms with Gasteiger partial charge in [-0.2, -0.15) is 0 Å². The Labute approximate surface area is 319 Å². The molecule has 0 amide bonds. The van der Waals surface area contributed by atoms with E-state index in [1.54, 1.807) is 0 Å². The van der Waals surface area contributed by atoms with Gasteiger partial charge in [-0.25, -0.2) is 4.98 Å². The minimum atomic E-state index is -0.291. The van der Waals surface area contributed by atoms with Gasteiger partial charge in [0.15, 0.2) is 0 Å². The molecular weight excluding hydrogens is 659 g/mol. The molecule has 8 aromatic rings. The summed E-state index contributed by atoms with van der Waals surface area (Å²) < 4.78 is 2.26. The van der Waals surface area contributed by atoms with Crippen molar-refractivity contribution in [1.82, 2.24) is 14.5 Å². The average Bonchev–Trinajstić information content (AvgIpc) is 3.52. The van der Waals surface area contributed by atoms with Crippen molar-refractivity contribution in [2.75, 3.05) is 0 Å². The van der Waals surface area contributed by atoms with Crippen LogP contribution in [0.25, 0.3) is 72.0 Å². The first-order valence-electron chi connectivity index (χ1n) is 19.0. The topological polar surface area (TPSA) is 50.9 Å². The Morgan fingerprint density at radius 3 is 1.85 bits per heavy atom. The second-order valence-electron chi connectivity index (χ2n) is 17.8. The molecule has 0 aliphatic rings. The van der Waals surface area contributed by atoms with E-state index in [9.17, 15) is 5.11 Å². The lowest BCUT2D eigenvalue weighted by Crippen LogP contribution is -2.17. The van der Waals surface area contributed by atoms with Gasteiger partial charge in [-0.1, -0.05) is 147 Å². The number of phenolic OH excluding ortho intramolecular Hbond substituents is 1. The van der Waals surface area contributed by atoms with Crippen molar-refractivity contribution in [1.29, 1.82) is 0 Å². The molecule has 8 rings (SSSR count). The van der Waals surface area contributed by atoms with E-state index in [0.29, 0.717) is 5.82 Å². The number of fused-ring (bicyclic) bond motifs is 3. The van der Waals surface area contributed by atoms with Crippen LogP contribution >= 0.6 is 0 Å². The largest absolute Gasteiger partial charge is 0.507 e. The van der Waals surface area contributed by atoms with E-state index in [0.717, 1.165) is 77.3 Å². The van der Waals surface area contributed by atoms with Gasteiger partial charge in [0, 0.05) is 33.7 Å². The first-order chi connectivity index (χ1) is 25.6. The molecule has 0 saturated carbocycles. The number of para-hydroxylation sites is 1. The maximum Gasteiger partial charge on any atom is 0.149 e. The lowest BCUT2D eigenvalue weighted by molar-refractivity contribution is 0.446. The van der Waals surface area contributed by atoms with Crippen LogP contribution in [0.3, 0.4) is 0 Å². The van der Waals surface area contributed by atoms with E-state index in [-0.39, 0.29) is 22.0 Å². The Hall–Kier alpha value is -5.74. The third-order valence-corrected chi connectivity index (χ3v) is 10.8. The van der Waals surface area contributed by atoms with Crippen LogP contribution in [0.1, 0.15) is 79.0 Å². The van der Waals surface area contributed by atoms with E-state index in [1.165, 1.54) is 5.56 Å². The van der Waals surface area contributed by atoms with Crippen molar-refractivity contribution < 1.29 is 5.11 Å². The summed E-state index contributed by atoms with van der Waals surface area (Å²) in [5, 5.41) is 16.8. The summed E-state index contributed by atoms with van der Waals surface area (Å²) in [6.07, 6.45) is 1.91. The number of hydrogen-bond donors (Lipinski definition) is 1. The Balaban J connectivity index is 1.48. The molecule has 0 radical (unpaired) electrons. The second-order valence-corrected chi connectivity index (χ2v) is 17.8. The highest BCUT2D eigenvalue weighted by Crippen LogP contribution is 2.45. The van der Waals surface area contributed by atoms with Gasteiger partial charge in [-0.05, 0) is 80.1 Å². The van der Waals surface area contributed by atoms with Crippen molar-refractivity contribution in [2.24, 2.45) is 0 Å². The number of aromatic nitrogens is 3. The molecule has 54 heavy (non-hydrogen) atoms. The number of phenols is 1. The van der Waals surface area contributed by atoms with Gasteiger partial charge >= 0.3 is 0 Å². The summed E-state index contributed by atoms with van der Waals surface area (Å²) in [7, 11) is 0. The lowest BCUT2D eigenvalue weighted by atomic mass is 9.79. The summed E-state index contributed by atoms with van der Waals surface area (Å²) in [5.41, 5.74) is 10.5. The van der Waals surface area contributed by atoms with Crippen molar-refractivity contribution in [3.8, 4) is 45.2 Å². The number of imidazole rings is 1. The van der Waals surface area contributed by atoms with Crippen LogP contribution < -0.4 is 0 Å². The molecular formula is C50H49N3O. The Bertz CT molecular complexity index is 2720. The maximum atomic E-state index is 12.3. The monoisotopic (exact) mass is 707 g/mol. The highest BCUT2D eigenvalue weighted by atomic mass is 16.3. The SMILES string of the molecule is CC(C)(C)c1cc(-c2nccc3ccccc23)cc(-c2cccc3c2nc(-c2cc(C(C)(C)C)cc(C(C)(C)C)c2O)n3-c2cccc3ccccc23)c1. The minimum Gasteiger partial charge on any atom is -0.507 e. The van der Waals surface area contributed by atoms with Crippen LogP contribution in [0.5, 0.6) is 5.75 Å². The fourth-order valence-electron chi connectivity index (χ4n) is 7.67. The molecule has 0 bridgehead atoms. The molecule has 0 atom stereocenters. The molecule has 0 aliphatic heterocycles. The van der Waals surface area contributed by atoms with Crippen LogP contribution in [0.15, 0.2) is 128 Å². The number of nitrogens with zero attached hydrogens (tertiary/aromatic N) is 3. The van der Waals surface area contributed by atoms with Crippen LogP contribution in [0.2, 0.25) is 0 Å². The highest BCUT2D eigenvalue weighted by molar-refractivity contribution is 6.01. The third-order valence-electron chi connectivity index (χ3n) is 10.8. The average molecular weight is 708 g/mol. The van der Waals surface area contributed by atoms with Crippen LogP contribution in [-0.4, -0.2) is 19.6 Å². The molecule has 270 valence electrons. The highest BCUT2D eigenvalue weighted by Gasteiger charge is 2.29. The third kappa shape index (κ3) is 6.14. The first-order valence-corrected chi connectivity index (χ1v) is 19.0. The minimum absolute atomic E-state index is 0.112. The Morgan fingerprint density at radius 1 is 0.537 bits per heavy atom. The predicted molar refractivity (Wildman–Crippen MR) is 228 cm³/mol. The van der Waals surface area contributed by atoms with Gasteiger partial charge in [-0.15, -0.1) is 0 Å². The molecule has 6 aromatic carbocycles.